The van der Waals surface area contributed by atoms with E-state index in [9.17, 15) is 4.79 Å². The third kappa shape index (κ3) is 3.46. The predicted octanol–water partition coefficient (Wildman–Crippen LogP) is 4.91. The molecule has 2 aromatic heterocycles. The van der Waals surface area contributed by atoms with Crippen molar-refractivity contribution in [2.24, 2.45) is 0 Å². The lowest BCUT2D eigenvalue weighted by atomic mass is 10.0. The molecule has 6 nitrogen and oxygen atoms in total. The predicted molar refractivity (Wildman–Crippen MR) is 121 cm³/mol. The first-order chi connectivity index (χ1) is 15.3. The lowest BCUT2D eigenvalue weighted by molar-refractivity contribution is 0.0683. The highest BCUT2D eigenvalue weighted by Crippen LogP contribution is 2.37. The van der Waals surface area contributed by atoms with Gasteiger partial charge < -0.3 is 10.2 Å². The number of aromatic nitrogens is 3. The smallest absolute Gasteiger partial charge is 0.257 e. The number of rotatable bonds is 5. The van der Waals surface area contributed by atoms with Crippen LogP contribution in [0.1, 0.15) is 35.4 Å². The summed E-state index contributed by atoms with van der Waals surface area (Å²) >= 11 is 0. The Morgan fingerprint density at radius 2 is 1.81 bits per heavy atom. The van der Waals surface area contributed by atoms with Gasteiger partial charge >= 0.3 is 0 Å². The molecule has 1 amide bonds. The van der Waals surface area contributed by atoms with E-state index in [0.717, 1.165) is 34.6 Å². The first kappa shape index (κ1) is 19.1. The molecule has 2 aromatic carbocycles. The van der Waals surface area contributed by atoms with E-state index < -0.39 is 0 Å². The van der Waals surface area contributed by atoms with Crippen LogP contribution in [0.5, 0.6) is 0 Å². The van der Waals surface area contributed by atoms with E-state index >= 15 is 0 Å². The molecule has 1 aliphatic rings. The van der Waals surface area contributed by atoms with Gasteiger partial charge in [0.1, 0.15) is 11.9 Å². The fraction of sp³-hybridized carbons (Fsp3) is 0.160. The largest absolute Gasteiger partial charge is 0.361 e. The minimum Gasteiger partial charge on any atom is -0.361 e. The highest BCUT2D eigenvalue weighted by Gasteiger charge is 2.35. The first-order valence-corrected chi connectivity index (χ1v) is 10.5. The lowest BCUT2D eigenvalue weighted by Crippen LogP contribution is -2.43. The molecular weight excluding hydrogens is 386 g/mol. The van der Waals surface area contributed by atoms with E-state index in [1.165, 1.54) is 0 Å². The van der Waals surface area contributed by atoms with Gasteiger partial charge in [-0.15, -0.1) is 0 Å². The Bertz CT molecular complexity index is 1200. The summed E-state index contributed by atoms with van der Waals surface area (Å²) in [6.45, 7) is 2.73. The van der Waals surface area contributed by atoms with Gasteiger partial charge in [-0.25, -0.2) is 4.68 Å². The number of benzene rings is 2. The van der Waals surface area contributed by atoms with E-state index in [4.69, 9.17) is 5.10 Å². The summed E-state index contributed by atoms with van der Waals surface area (Å²) in [7, 11) is 0. The van der Waals surface area contributed by atoms with Gasteiger partial charge in [0.05, 0.1) is 11.3 Å². The summed E-state index contributed by atoms with van der Waals surface area (Å²) in [5, 5.41) is 8.49. The molecular formula is C25H23N5O. The van der Waals surface area contributed by atoms with E-state index in [1.54, 1.807) is 6.20 Å². The van der Waals surface area contributed by atoms with Crippen LogP contribution in [-0.4, -0.2) is 32.1 Å². The Morgan fingerprint density at radius 3 is 2.58 bits per heavy atom. The second-order valence-electron chi connectivity index (χ2n) is 7.55. The van der Waals surface area contributed by atoms with Gasteiger partial charge in [0.2, 0.25) is 0 Å². The quantitative estimate of drug-likeness (QED) is 0.509. The monoisotopic (exact) mass is 409 g/mol. The number of para-hydroxylation sites is 2. The zero-order chi connectivity index (χ0) is 21.2. The zero-order valence-corrected chi connectivity index (χ0v) is 17.3. The lowest BCUT2D eigenvalue weighted by Gasteiger charge is -2.37. The van der Waals surface area contributed by atoms with Crippen molar-refractivity contribution in [2.45, 2.75) is 19.5 Å². The van der Waals surface area contributed by atoms with Gasteiger partial charge in [0, 0.05) is 41.9 Å². The van der Waals surface area contributed by atoms with Gasteiger partial charge in [-0.05, 0) is 42.8 Å². The van der Waals surface area contributed by atoms with E-state index in [2.05, 4.69) is 17.2 Å². The van der Waals surface area contributed by atoms with Gasteiger partial charge in [-0.1, -0.05) is 37.3 Å². The Labute approximate surface area is 181 Å². The van der Waals surface area contributed by atoms with Gasteiger partial charge in [-0.2, -0.15) is 5.10 Å². The molecule has 0 bridgehead atoms. The summed E-state index contributed by atoms with van der Waals surface area (Å²) < 4.78 is 1.87. The number of carbonyl (C=O) groups excluding carboxylic acids is 1. The number of amides is 1. The SMILES string of the molecule is CCCN1C(=O)c2ccccc2N[C@@H]1c1cn(-c2ccccc2)nc1-c1cccnc1. The summed E-state index contributed by atoms with van der Waals surface area (Å²) in [5.74, 6) is 0.0331. The Balaban J connectivity index is 1.67. The molecule has 0 fully saturated rings. The minimum absolute atomic E-state index is 0.0331. The number of nitrogens with zero attached hydrogens (tertiary/aromatic N) is 4. The van der Waals surface area contributed by atoms with Crippen molar-refractivity contribution in [3.8, 4) is 16.9 Å². The molecule has 0 aliphatic carbocycles. The van der Waals surface area contributed by atoms with Crippen molar-refractivity contribution in [2.75, 3.05) is 11.9 Å². The second-order valence-corrected chi connectivity index (χ2v) is 7.55. The molecule has 5 rings (SSSR count). The van der Waals surface area contributed by atoms with Crippen molar-refractivity contribution in [3.05, 3.63) is 96.4 Å². The van der Waals surface area contributed by atoms with Crippen molar-refractivity contribution < 1.29 is 4.79 Å². The number of carbonyl (C=O) groups is 1. The summed E-state index contributed by atoms with van der Waals surface area (Å²) in [6, 6.07) is 21.6. The second kappa shape index (κ2) is 8.07. The minimum atomic E-state index is -0.324. The molecule has 0 saturated heterocycles. The zero-order valence-electron chi connectivity index (χ0n) is 17.3. The van der Waals surface area contributed by atoms with E-state index in [0.29, 0.717) is 12.1 Å². The molecule has 31 heavy (non-hydrogen) atoms. The third-order valence-corrected chi connectivity index (χ3v) is 5.48. The molecule has 0 spiro atoms. The van der Waals surface area contributed by atoms with Crippen LogP contribution in [0.2, 0.25) is 0 Å². The van der Waals surface area contributed by atoms with E-state index in [-0.39, 0.29) is 12.1 Å². The summed E-state index contributed by atoms with van der Waals surface area (Å²) in [4.78, 5) is 19.5. The third-order valence-electron chi connectivity index (χ3n) is 5.48. The fourth-order valence-corrected chi connectivity index (χ4v) is 4.04. The molecule has 0 radical (unpaired) electrons. The van der Waals surface area contributed by atoms with Crippen LogP contribution in [0.4, 0.5) is 5.69 Å². The van der Waals surface area contributed by atoms with Gasteiger partial charge in [-0.3, -0.25) is 9.78 Å². The van der Waals surface area contributed by atoms with Crippen LogP contribution in [-0.2, 0) is 0 Å². The maximum absolute atomic E-state index is 13.4. The number of pyridine rings is 1. The summed E-state index contributed by atoms with van der Waals surface area (Å²) in [5.41, 5.74) is 5.16. The van der Waals surface area contributed by atoms with Gasteiger partial charge in [0.15, 0.2) is 0 Å². The van der Waals surface area contributed by atoms with Crippen molar-refractivity contribution in [1.82, 2.24) is 19.7 Å². The van der Waals surface area contributed by atoms with Crippen LogP contribution in [0.15, 0.2) is 85.3 Å². The van der Waals surface area contributed by atoms with Crippen molar-refractivity contribution in [1.29, 1.82) is 0 Å². The number of fused-ring (bicyclic) bond motifs is 1. The maximum Gasteiger partial charge on any atom is 0.257 e. The topological polar surface area (TPSA) is 63.1 Å². The van der Waals surface area contributed by atoms with E-state index in [1.807, 2.05) is 88.7 Å². The molecule has 154 valence electrons. The highest BCUT2D eigenvalue weighted by molar-refractivity contribution is 6.01. The Kier molecular flexibility index (Phi) is 4.96. The van der Waals surface area contributed by atoms with Crippen LogP contribution in [0.3, 0.4) is 0 Å². The molecule has 1 atom stereocenters. The van der Waals surface area contributed by atoms with Crippen molar-refractivity contribution >= 4 is 11.6 Å². The Morgan fingerprint density at radius 1 is 1.00 bits per heavy atom. The molecule has 4 aromatic rings. The number of anilines is 1. The number of hydrogen-bond donors (Lipinski definition) is 1. The van der Waals surface area contributed by atoms with Crippen LogP contribution in [0, 0.1) is 0 Å². The average molecular weight is 409 g/mol. The fourth-order valence-electron chi connectivity index (χ4n) is 4.04. The highest BCUT2D eigenvalue weighted by atomic mass is 16.2. The molecule has 0 unspecified atom stereocenters. The van der Waals surface area contributed by atoms with Crippen LogP contribution < -0.4 is 5.32 Å². The number of hydrogen-bond acceptors (Lipinski definition) is 4. The normalized spacial score (nSPS) is 15.5. The molecule has 1 aliphatic heterocycles. The average Bonchev–Trinajstić information content (AvgIpc) is 3.27. The molecule has 0 saturated carbocycles. The molecule has 6 heteroatoms. The van der Waals surface area contributed by atoms with Gasteiger partial charge in [0.25, 0.3) is 5.91 Å². The Hall–Kier alpha value is -3.93. The molecule has 1 N–H and O–H groups in total. The number of nitrogens with one attached hydrogen (secondary N) is 1. The standard InChI is InChI=1S/C25H23N5O/c1-2-15-29-24(27-22-13-7-6-12-20(22)25(29)31)21-17-30(19-10-4-3-5-11-19)28-23(21)18-9-8-14-26-16-18/h3-14,16-17,24,27H,2,15H2,1H3/t24-/m0/s1. The first-order valence-electron chi connectivity index (χ1n) is 10.5. The van der Waals surface area contributed by atoms with Crippen LogP contribution >= 0.6 is 0 Å². The summed E-state index contributed by atoms with van der Waals surface area (Å²) in [6.07, 6.45) is 6.11. The van der Waals surface area contributed by atoms with Crippen molar-refractivity contribution in [3.63, 3.8) is 0 Å². The molecule has 3 heterocycles. The maximum atomic E-state index is 13.4. The van der Waals surface area contributed by atoms with Crippen LogP contribution in [0.25, 0.3) is 16.9 Å².